The fourth-order valence-electron chi connectivity index (χ4n) is 1.29. The van der Waals surface area contributed by atoms with Crippen molar-refractivity contribution in [3.63, 3.8) is 0 Å². The number of aliphatic hydroxyl groups excluding tert-OH is 1. The molecule has 86 valence electrons. The van der Waals surface area contributed by atoms with Crippen molar-refractivity contribution in [2.75, 3.05) is 31.1 Å². The van der Waals surface area contributed by atoms with E-state index in [1.807, 2.05) is 4.90 Å². The summed E-state index contributed by atoms with van der Waals surface area (Å²) in [6, 6.07) is 0.467. The molecule has 6 heteroatoms. The lowest BCUT2D eigenvalue weighted by Crippen LogP contribution is -2.27. The van der Waals surface area contributed by atoms with Crippen molar-refractivity contribution < 1.29 is 9.52 Å². The number of hydrogen-bond donors (Lipinski definition) is 2. The molecule has 0 unspecified atom stereocenters. The molecule has 6 nitrogen and oxygen atoms in total. The Morgan fingerprint density at radius 2 is 2.20 bits per heavy atom. The first-order valence-electron chi connectivity index (χ1n) is 5.20. The summed E-state index contributed by atoms with van der Waals surface area (Å²) in [6.45, 7) is 3.94. The lowest BCUT2D eigenvalue weighted by Gasteiger charge is -2.17. The molecular formula is C9H18N4O2. The molecule has 1 aromatic rings. The van der Waals surface area contributed by atoms with E-state index in [2.05, 4.69) is 17.1 Å². The largest absolute Gasteiger partial charge is 0.408 e. The van der Waals surface area contributed by atoms with Gasteiger partial charge in [0.05, 0.1) is 6.61 Å². The van der Waals surface area contributed by atoms with Gasteiger partial charge in [0, 0.05) is 26.1 Å². The molecular weight excluding hydrogens is 196 g/mol. The molecule has 0 saturated carbocycles. The number of nitrogens with zero attached hydrogens (tertiary/aromatic N) is 3. The van der Waals surface area contributed by atoms with Gasteiger partial charge in [-0.25, -0.2) is 0 Å². The van der Waals surface area contributed by atoms with E-state index >= 15 is 0 Å². The zero-order valence-corrected chi connectivity index (χ0v) is 9.02. The van der Waals surface area contributed by atoms with E-state index in [0.717, 1.165) is 13.0 Å². The highest BCUT2D eigenvalue weighted by atomic mass is 16.4. The first-order chi connectivity index (χ1) is 7.31. The molecule has 1 aromatic heterocycles. The minimum absolute atomic E-state index is 0.0780. The smallest absolute Gasteiger partial charge is 0.318 e. The normalized spacial score (nSPS) is 10.6. The molecule has 0 aliphatic heterocycles. The number of aliphatic hydroxyl groups is 1. The summed E-state index contributed by atoms with van der Waals surface area (Å²) in [6.07, 6.45) is 1.56. The lowest BCUT2D eigenvalue weighted by atomic mass is 10.4. The van der Waals surface area contributed by atoms with Gasteiger partial charge in [-0.15, -0.1) is 5.10 Å². The summed E-state index contributed by atoms with van der Waals surface area (Å²) in [4.78, 5) is 1.87. The standard InChI is InChI=1S/C9H18N4O2/c1-2-5-13(6-7-14)9-12-11-8(15-9)3-4-10/h14H,2-7,10H2,1H3. The first-order valence-corrected chi connectivity index (χ1v) is 5.20. The number of hydrogen-bond acceptors (Lipinski definition) is 6. The van der Waals surface area contributed by atoms with Crippen LogP contribution < -0.4 is 10.6 Å². The second-order valence-electron chi connectivity index (χ2n) is 3.23. The van der Waals surface area contributed by atoms with Crippen LogP contribution in [-0.4, -0.2) is 41.5 Å². The van der Waals surface area contributed by atoms with Crippen LogP contribution >= 0.6 is 0 Å². The number of rotatable bonds is 7. The van der Waals surface area contributed by atoms with Crippen LogP contribution in [0.15, 0.2) is 4.42 Å². The van der Waals surface area contributed by atoms with Crippen molar-refractivity contribution in [3.05, 3.63) is 5.89 Å². The average molecular weight is 214 g/mol. The third-order valence-electron chi connectivity index (χ3n) is 1.95. The average Bonchev–Trinajstić information content (AvgIpc) is 2.67. The summed E-state index contributed by atoms with van der Waals surface area (Å²) in [5, 5.41) is 16.7. The van der Waals surface area contributed by atoms with Gasteiger partial charge in [0.15, 0.2) is 0 Å². The van der Waals surface area contributed by atoms with Gasteiger partial charge < -0.3 is 20.2 Å². The van der Waals surface area contributed by atoms with E-state index in [1.54, 1.807) is 0 Å². The molecule has 0 aromatic carbocycles. The van der Waals surface area contributed by atoms with Crippen LogP contribution in [0.25, 0.3) is 0 Å². The minimum Gasteiger partial charge on any atom is -0.408 e. The highest BCUT2D eigenvalue weighted by Crippen LogP contribution is 2.12. The van der Waals surface area contributed by atoms with Crippen LogP contribution in [0.1, 0.15) is 19.2 Å². The van der Waals surface area contributed by atoms with Crippen molar-refractivity contribution in [2.45, 2.75) is 19.8 Å². The van der Waals surface area contributed by atoms with Crippen LogP contribution in [-0.2, 0) is 6.42 Å². The highest BCUT2D eigenvalue weighted by molar-refractivity contribution is 5.23. The quantitative estimate of drug-likeness (QED) is 0.652. The Morgan fingerprint density at radius 3 is 2.80 bits per heavy atom. The predicted octanol–water partition coefficient (Wildman–Crippen LogP) is -0.221. The fraction of sp³-hybridized carbons (Fsp3) is 0.778. The summed E-state index contributed by atoms with van der Waals surface area (Å²) in [5.74, 6) is 0.548. The second-order valence-corrected chi connectivity index (χ2v) is 3.23. The van der Waals surface area contributed by atoms with Gasteiger partial charge in [0.2, 0.25) is 5.89 Å². The Hall–Kier alpha value is -1.14. The Kier molecular flexibility index (Phi) is 5.06. The van der Waals surface area contributed by atoms with Crippen molar-refractivity contribution in [3.8, 4) is 0 Å². The van der Waals surface area contributed by atoms with Crippen LogP contribution in [0.5, 0.6) is 0 Å². The van der Waals surface area contributed by atoms with Gasteiger partial charge in [-0.3, -0.25) is 0 Å². The molecule has 15 heavy (non-hydrogen) atoms. The topological polar surface area (TPSA) is 88.4 Å². The summed E-state index contributed by atoms with van der Waals surface area (Å²) < 4.78 is 5.40. The third-order valence-corrected chi connectivity index (χ3v) is 1.95. The Bertz CT molecular complexity index is 271. The Morgan fingerprint density at radius 1 is 1.40 bits per heavy atom. The predicted molar refractivity (Wildman–Crippen MR) is 56.6 cm³/mol. The maximum atomic E-state index is 8.88. The molecule has 0 amide bonds. The summed E-state index contributed by atoms with van der Waals surface area (Å²) in [7, 11) is 0. The van der Waals surface area contributed by atoms with Gasteiger partial charge in [0.1, 0.15) is 0 Å². The van der Waals surface area contributed by atoms with Gasteiger partial charge >= 0.3 is 6.01 Å². The molecule has 1 rings (SSSR count). The Balaban J connectivity index is 2.63. The monoisotopic (exact) mass is 214 g/mol. The Labute approximate surface area is 89.1 Å². The maximum Gasteiger partial charge on any atom is 0.318 e. The lowest BCUT2D eigenvalue weighted by molar-refractivity contribution is 0.298. The van der Waals surface area contributed by atoms with Gasteiger partial charge in [-0.2, -0.15) is 0 Å². The van der Waals surface area contributed by atoms with E-state index in [4.69, 9.17) is 15.3 Å². The second kappa shape index (κ2) is 6.36. The number of aromatic nitrogens is 2. The molecule has 1 heterocycles. The fourth-order valence-corrected chi connectivity index (χ4v) is 1.29. The zero-order chi connectivity index (χ0) is 11.1. The molecule has 0 spiro atoms. The third kappa shape index (κ3) is 3.49. The molecule has 0 radical (unpaired) electrons. The van der Waals surface area contributed by atoms with E-state index in [-0.39, 0.29) is 6.61 Å². The van der Waals surface area contributed by atoms with Crippen LogP contribution in [0.2, 0.25) is 0 Å². The van der Waals surface area contributed by atoms with Crippen molar-refractivity contribution in [2.24, 2.45) is 5.73 Å². The number of nitrogens with two attached hydrogens (primary N) is 1. The van der Waals surface area contributed by atoms with Gasteiger partial charge in [-0.05, 0) is 6.42 Å². The van der Waals surface area contributed by atoms with E-state index in [0.29, 0.717) is 31.4 Å². The maximum absolute atomic E-state index is 8.88. The van der Waals surface area contributed by atoms with Crippen LogP contribution in [0.3, 0.4) is 0 Å². The van der Waals surface area contributed by atoms with E-state index < -0.39 is 0 Å². The molecule has 0 atom stereocenters. The van der Waals surface area contributed by atoms with E-state index in [1.165, 1.54) is 0 Å². The van der Waals surface area contributed by atoms with Crippen LogP contribution in [0, 0.1) is 0 Å². The van der Waals surface area contributed by atoms with Gasteiger partial charge in [-0.1, -0.05) is 12.0 Å². The van der Waals surface area contributed by atoms with Gasteiger partial charge in [0.25, 0.3) is 0 Å². The van der Waals surface area contributed by atoms with Crippen molar-refractivity contribution >= 4 is 6.01 Å². The van der Waals surface area contributed by atoms with Crippen molar-refractivity contribution in [1.82, 2.24) is 10.2 Å². The highest BCUT2D eigenvalue weighted by Gasteiger charge is 2.12. The SMILES string of the molecule is CCCN(CCO)c1nnc(CCN)o1. The molecule has 0 aliphatic carbocycles. The molecule has 0 aliphatic rings. The van der Waals surface area contributed by atoms with Crippen LogP contribution in [0.4, 0.5) is 6.01 Å². The number of anilines is 1. The summed E-state index contributed by atoms with van der Waals surface area (Å²) >= 11 is 0. The first kappa shape index (κ1) is 11.9. The molecule has 0 fully saturated rings. The summed E-state index contributed by atoms with van der Waals surface area (Å²) in [5.41, 5.74) is 5.38. The molecule has 3 N–H and O–H groups in total. The van der Waals surface area contributed by atoms with E-state index in [9.17, 15) is 0 Å². The molecule has 0 bridgehead atoms. The minimum atomic E-state index is 0.0780. The van der Waals surface area contributed by atoms with Crippen molar-refractivity contribution in [1.29, 1.82) is 0 Å². The molecule has 0 saturated heterocycles. The zero-order valence-electron chi connectivity index (χ0n) is 9.02.